The van der Waals surface area contributed by atoms with Crippen molar-refractivity contribution in [2.45, 2.75) is 32.7 Å². The maximum atomic E-state index is 4.41. The highest BCUT2D eigenvalue weighted by molar-refractivity contribution is 7.11. The number of hydrogen-bond donors (Lipinski definition) is 1. The fourth-order valence-corrected chi connectivity index (χ4v) is 2.91. The molecule has 0 aromatic carbocycles. The van der Waals surface area contributed by atoms with Crippen molar-refractivity contribution in [3.8, 4) is 0 Å². The van der Waals surface area contributed by atoms with Crippen molar-refractivity contribution in [3.63, 3.8) is 0 Å². The van der Waals surface area contributed by atoms with E-state index in [1.807, 2.05) is 6.20 Å². The van der Waals surface area contributed by atoms with E-state index in [1.165, 1.54) is 42.4 Å². The molecule has 1 aromatic rings. The first-order valence-corrected chi connectivity index (χ1v) is 6.95. The van der Waals surface area contributed by atoms with Crippen LogP contribution in [0, 0.1) is 6.92 Å². The van der Waals surface area contributed by atoms with Crippen LogP contribution in [0.5, 0.6) is 0 Å². The zero-order valence-electron chi connectivity index (χ0n) is 10.2. The lowest BCUT2D eigenvalue weighted by Gasteiger charge is -2.17. The number of nitrogens with zero attached hydrogens (tertiary/aromatic N) is 2. The van der Waals surface area contributed by atoms with E-state index in [2.05, 4.69) is 29.0 Å². The van der Waals surface area contributed by atoms with Crippen LogP contribution in [0.1, 0.15) is 35.7 Å². The van der Waals surface area contributed by atoms with E-state index >= 15 is 0 Å². The second-order valence-electron chi connectivity index (χ2n) is 4.53. The van der Waals surface area contributed by atoms with Crippen LogP contribution in [0.3, 0.4) is 0 Å². The average Bonchev–Trinajstić information content (AvgIpc) is 2.89. The Hall–Kier alpha value is -0.450. The SMILES string of the molecule is Cc1cnc(C(C)NCCN2CCCC2)s1. The van der Waals surface area contributed by atoms with E-state index in [4.69, 9.17) is 0 Å². The van der Waals surface area contributed by atoms with E-state index in [-0.39, 0.29) is 0 Å². The molecule has 2 rings (SSSR count). The molecular formula is C12H21N3S. The summed E-state index contributed by atoms with van der Waals surface area (Å²) < 4.78 is 0. The Bertz CT molecular complexity index is 318. The Kier molecular flexibility index (Phi) is 4.32. The summed E-state index contributed by atoms with van der Waals surface area (Å²) in [6, 6.07) is 0.390. The molecule has 1 atom stereocenters. The minimum absolute atomic E-state index is 0.390. The normalized spacial score (nSPS) is 19.1. The van der Waals surface area contributed by atoms with Gasteiger partial charge in [-0.1, -0.05) is 0 Å². The van der Waals surface area contributed by atoms with Gasteiger partial charge in [0, 0.05) is 24.2 Å². The Morgan fingerprint density at radius 2 is 2.25 bits per heavy atom. The van der Waals surface area contributed by atoms with Crippen LogP contribution in [0.2, 0.25) is 0 Å². The van der Waals surface area contributed by atoms with Crippen molar-refractivity contribution in [1.82, 2.24) is 15.2 Å². The first-order valence-electron chi connectivity index (χ1n) is 6.14. The molecule has 0 saturated carbocycles. The summed E-state index contributed by atoms with van der Waals surface area (Å²) >= 11 is 1.79. The molecule has 4 heteroatoms. The minimum Gasteiger partial charge on any atom is -0.307 e. The van der Waals surface area contributed by atoms with Crippen molar-refractivity contribution < 1.29 is 0 Å². The summed E-state index contributed by atoms with van der Waals surface area (Å²) in [5.74, 6) is 0. The number of hydrogen-bond acceptors (Lipinski definition) is 4. The lowest BCUT2D eigenvalue weighted by Crippen LogP contribution is -2.31. The van der Waals surface area contributed by atoms with E-state index < -0.39 is 0 Å². The van der Waals surface area contributed by atoms with Gasteiger partial charge in [0.2, 0.25) is 0 Å². The number of nitrogens with one attached hydrogen (secondary N) is 1. The van der Waals surface area contributed by atoms with Gasteiger partial charge in [-0.15, -0.1) is 11.3 Å². The van der Waals surface area contributed by atoms with Crippen LogP contribution in [0.4, 0.5) is 0 Å². The smallest absolute Gasteiger partial charge is 0.109 e. The monoisotopic (exact) mass is 239 g/mol. The highest BCUT2D eigenvalue weighted by atomic mass is 32.1. The first-order chi connectivity index (χ1) is 7.75. The van der Waals surface area contributed by atoms with Gasteiger partial charge in [0.15, 0.2) is 0 Å². The first kappa shape index (κ1) is 12.0. The molecule has 16 heavy (non-hydrogen) atoms. The van der Waals surface area contributed by atoms with Crippen molar-refractivity contribution in [2.24, 2.45) is 0 Å². The molecule has 0 amide bonds. The molecule has 1 saturated heterocycles. The highest BCUT2D eigenvalue weighted by Gasteiger charge is 2.12. The van der Waals surface area contributed by atoms with E-state index in [0.717, 1.165) is 6.54 Å². The van der Waals surface area contributed by atoms with Crippen molar-refractivity contribution >= 4 is 11.3 Å². The van der Waals surface area contributed by atoms with Crippen LogP contribution in [0.25, 0.3) is 0 Å². The molecule has 2 heterocycles. The van der Waals surface area contributed by atoms with E-state index in [9.17, 15) is 0 Å². The molecule has 1 aromatic heterocycles. The van der Waals surface area contributed by atoms with Crippen molar-refractivity contribution in [1.29, 1.82) is 0 Å². The van der Waals surface area contributed by atoms with Crippen LogP contribution in [-0.4, -0.2) is 36.1 Å². The van der Waals surface area contributed by atoms with Gasteiger partial charge in [0.25, 0.3) is 0 Å². The highest BCUT2D eigenvalue weighted by Crippen LogP contribution is 2.18. The van der Waals surface area contributed by atoms with Gasteiger partial charge in [-0.25, -0.2) is 4.98 Å². The Morgan fingerprint density at radius 3 is 2.88 bits per heavy atom. The summed E-state index contributed by atoms with van der Waals surface area (Å²) in [5.41, 5.74) is 0. The zero-order valence-corrected chi connectivity index (χ0v) is 11.0. The lowest BCUT2D eigenvalue weighted by molar-refractivity contribution is 0.329. The molecule has 0 spiro atoms. The van der Waals surface area contributed by atoms with Crippen molar-refractivity contribution in [2.75, 3.05) is 26.2 Å². The Balaban J connectivity index is 1.69. The summed E-state index contributed by atoms with van der Waals surface area (Å²) in [6.45, 7) is 9.12. The molecule has 1 fully saturated rings. The second kappa shape index (κ2) is 5.75. The average molecular weight is 239 g/mol. The number of aromatic nitrogens is 1. The third-order valence-corrected chi connectivity index (χ3v) is 4.18. The molecule has 0 bridgehead atoms. The Morgan fingerprint density at radius 1 is 1.50 bits per heavy atom. The summed E-state index contributed by atoms with van der Waals surface area (Å²) in [7, 11) is 0. The lowest BCUT2D eigenvalue weighted by atomic mass is 10.3. The van der Waals surface area contributed by atoms with Gasteiger partial charge >= 0.3 is 0 Å². The molecule has 1 N–H and O–H groups in total. The summed E-state index contributed by atoms with van der Waals surface area (Å²) in [6.07, 6.45) is 4.71. The summed E-state index contributed by atoms with van der Waals surface area (Å²) in [5, 5.41) is 4.75. The maximum Gasteiger partial charge on any atom is 0.109 e. The molecule has 1 unspecified atom stereocenters. The van der Waals surface area contributed by atoms with Gasteiger partial charge in [-0.2, -0.15) is 0 Å². The number of aryl methyl sites for hydroxylation is 1. The van der Waals surface area contributed by atoms with Gasteiger partial charge in [0.05, 0.1) is 6.04 Å². The predicted octanol–water partition coefficient (Wildman–Crippen LogP) is 2.20. The molecule has 3 nitrogen and oxygen atoms in total. The third-order valence-electron chi connectivity index (χ3n) is 3.09. The molecule has 0 radical (unpaired) electrons. The van der Waals surface area contributed by atoms with E-state index in [0.29, 0.717) is 6.04 Å². The van der Waals surface area contributed by atoms with Gasteiger partial charge in [-0.05, 0) is 39.8 Å². The molecular weight excluding hydrogens is 218 g/mol. The molecule has 1 aliphatic rings. The van der Waals surface area contributed by atoms with Gasteiger partial charge < -0.3 is 10.2 Å². The quantitative estimate of drug-likeness (QED) is 0.854. The van der Waals surface area contributed by atoms with Crippen LogP contribution >= 0.6 is 11.3 Å². The van der Waals surface area contributed by atoms with Crippen LogP contribution < -0.4 is 5.32 Å². The fraction of sp³-hybridized carbons (Fsp3) is 0.750. The Labute approximate surface area is 102 Å². The molecule has 0 aliphatic carbocycles. The second-order valence-corrected chi connectivity index (χ2v) is 5.80. The number of rotatable bonds is 5. The molecule has 90 valence electrons. The number of likely N-dealkylation sites (tertiary alicyclic amines) is 1. The predicted molar refractivity (Wildman–Crippen MR) is 68.9 cm³/mol. The van der Waals surface area contributed by atoms with Crippen molar-refractivity contribution in [3.05, 3.63) is 16.1 Å². The largest absolute Gasteiger partial charge is 0.307 e. The topological polar surface area (TPSA) is 28.2 Å². The van der Waals surface area contributed by atoms with Gasteiger partial charge in [0.1, 0.15) is 5.01 Å². The summed E-state index contributed by atoms with van der Waals surface area (Å²) in [4.78, 5) is 8.24. The van der Waals surface area contributed by atoms with E-state index in [1.54, 1.807) is 11.3 Å². The minimum atomic E-state index is 0.390. The number of thiazole rings is 1. The van der Waals surface area contributed by atoms with Gasteiger partial charge in [-0.3, -0.25) is 0 Å². The third kappa shape index (κ3) is 3.27. The zero-order chi connectivity index (χ0) is 11.4. The molecule has 1 aliphatic heterocycles. The van der Waals surface area contributed by atoms with Crippen LogP contribution in [0.15, 0.2) is 6.20 Å². The standard InChI is InChI=1S/C12H21N3S/c1-10-9-14-12(16-10)11(2)13-5-8-15-6-3-4-7-15/h9,11,13H,3-8H2,1-2H3. The maximum absolute atomic E-state index is 4.41. The fourth-order valence-electron chi connectivity index (χ4n) is 2.11. The van der Waals surface area contributed by atoms with Crippen LogP contribution in [-0.2, 0) is 0 Å².